The van der Waals surface area contributed by atoms with Crippen molar-refractivity contribution in [3.05, 3.63) is 23.4 Å². The maximum atomic E-state index is 4.71. The number of hydrogen-bond donors (Lipinski definition) is 1. The molecule has 2 rings (SSSR count). The Morgan fingerprint density at radius 2 is 1.90 bits per heavy atom. The van der Waals surface area contributed by atoms with Gasteiger partial charge < -0.3 is 10.2 Å². The molecule has 1 aliphatic rings. The highest BCUT2D eigenvalue weighted by molar-refractivity contribution is 5.43. The fourth-order valence-electron chi connectivity index (χ4n) is 2.87. The van der Waals surface area contributed by atoms with Gasteiger partial charge in [0.15, 0.2) is 0 Å². The van der Waals surface area contributed by atoms with E-state index in [0.717, 1.165) is 50.2 Å². The third kappa shape index (κ3) is 4.18. The average Bonchev–Trinajstić information content (AvgIpc) is 2.38. The van der Waals surface area contributed by atoms with E-state index in [2.05, 4.69) is 48.0 Å². The average molecular weight is 276 g/mol. The smallest absolute Gasteiger partial charge is 0.129 e. The van der Waals surface area contributed by atoms with Crippen molar-refractivity contribution in [2.45, 2.75) is 27.3 Å². The van der Waals surface area contributed by atoms with Crippen LogP contribution in [0.2, 0.25) is 0 Å². The highest BCUT2D eigenvalue weighted by atomic mass is 15.3. The maximum Gasteiger partial charge on any atom is 0.129 e. The van der Waals surface area contributed by atoms with Crippen molar-refractivity contribution in [2.75, 3.05) is 44.7 Å². The first-order chi connectivity index (χ1) is 9.58. The van der Waals surface area contributed by atoms with E-state index in [-0.39, 0.29) is 0 Å². The van der Waals surface area contributed by atoms with E-state index in [1.54, 1.807) is 0 Å². The van der Waals surface area contributed by atoms with Gasteiger partial charge >= 0.3 is 0 Å². The maximum absolute atomic E-state index is 4.71. The highest BCUT2D eigenvalue weighted by Gasteiger charge is 2.18. The molecule has 0 unspecified atom stereocenters. The molecule has 0 radical (unpaired) electrons. The van der Waals surface area contributed by atoms with E-state index in [4.69, 9.17) is 4.98 Å². The van der Waals surface area contributed by atoms with Crippen LogP contribution < -0.4 is 10.2 Å². The van der Waals surface area contributed by atoms with Gasteiger partial charge in [0.05, 0.1) is 0 Å². The van der Waals surface area contributed by atoms with Gasteiger partial charge in [-0.2, -0.15) is 0 Å². The number of aryl methyl sites for hydroxylation is 1. The SMILES string of the molecule is CNCc1cc(C)nc(N2CCN(CC(C)C)CC2)c1. The van der Waals surface area contributed by atoms with Crippen molar-refractivity contribution in [3.63, 3.8) is 0 Å². The Morgan fingerprint density at radius 1 is 1.20 bits per heavy atom. The molecule has 1 N–H and O–H groups in total. The Morgan fingerprint density at radius 3 is 2.50 bits per heavy atom. The summed E-state index contributed by atoms with van der Waals surface area (Å²) in [5.74, 6) is 1.89. The molecule has 1 fully saturated rings. The molecule has 0 amide bonds. The van der Waals surface area contributed by atoms with Gasteiger partial charge in [-0.3, -0.25) is 4.90 Å². The zero-order valence-electron chi connectivity index (χ0n) is 13.3. The van der Waals surface area contributed by atoms with Crippen LogP contribution in [-0.2, 0) is 6.54 Å². The number of rotatable bonds is 5. The monoisotopic (exact) mass is 276 g/mol. The number of anilines is 1. The second-order valence-corrected chi connectivity index (χ2v) is 6.19. The van der Waals surface area contributed by atoms with Crippen LogP contribution in [0.1, 0.15) is 25.1 Å². The minimum absolute atomic E-state index is 0.751. The zero-order chi connectivity index (χ0) is 14.5. The molecule has 1 aromatic heterocycles. The fraction of sp³-hybridized carbons (Fsp3) is 0.688. The molecule has 0 aliphatic carbocycles. The van der Waals surface area contributed by atoms with E-state index >= 15 is 0 Å². The van der Waals surface area contributed by atoms with Gasteiger partial charge in [-0.25, -0.2) is 4.98 Å². The Kier molecular flexibility index (Phi) is 5.38. The minimum Gasteiger partial charge on any atom is -0.354 e. The van der Waals surface area contributed by atoms with E-state index in [0.29, 0.717) is 0 Å². The van der Waals surface area contributed by atoms with Crippen molar-refractivity contribution in [1.82, 2.24) is 15.2 Å². The molecule has 0 atom stereocenters. The summed E-state index contributed by atoms with van der Waals surface area (Å²) in [6, 6.07) is 4.39. The van der Waals surface area contributed by atoms with Gasteiger partial charge in [-0.15, -0.1) is 0 Å². The summed E-state index contributed by atoms with van der Waals surface area (Å²) in [5.41, 5.74) is 2.43. The number of piperazine rings is 1. The first-order valence-electron chi connectivity index (χ1n) is 7.68. The fourth-order valence-corrected chi connectivity index (χ4v) is 2.87. The van der Waals surface area contributed by atoms with Crippen LogP contribution in [0, 0.1) is 12.8 Å². The Hall–Kier alpha value is -1.13. The van der Waals surface area contributed by atoms with Gasteiger partial charge in [0.1, 0.15) is 5.82 Å². The summed E-state index contributed by atoms with van der Waals surface area (Å²) in [5, 5.41) is 3.22. The van der Waals surface area contributed by atoms with Gasteiger partial charge in [-0.05, 0) is 37.6 Å². The standard InChI is InChI=1S/C16H28N4/c1-13(2)12-19-5-7-20(8-6-19)16-10-15(11-17-4)9-14(3)18-16/h9-10,13,17H,5-8,11-12H2,1-4H3. The molecule has 2 heterocycles. The van der Waals surface area contributed by atoms with Crippen LogP contribution in [0.5, 0.6) is 0 Å². The predicted molar refractivity (Wildman–Crippen MR) is 85.2 cm³/mol. The van der Waals surface area contributed by atoms with Crippen LogP contribution >= 0.6 is 0 Å². The molecule has 4 nitrogen and oxygen atoms in total. The molecule has 0 spiro atoms. The topological polar surface area (TPSA) is 31.4 Å². The van der Waals surface area contributed by atoms with Gasteiger partial charge in [0.25, 0.3) is 0 Å². The van der Waals surface area contributed by atoms with Gasteiger partial charge in [-0.1, -0.05) is 13.8 Å². The van der Waals surface area contributed by atoms with Crippen LogP contribution in [-0.4, -0.2) is 49.7 Å². The van der Waals surface area contributed by atoms with Crippen LogP contribution in [0.4, 0.5) is 5.82 Å². The summed E-state index contributed by atoms with van der Waals surface area (Å²) in [6.45, 7) is 13.2. The molecule has 0 saturated carbocycles. The quantitative estimate of drug-likeness (QED) is 0.890. The van der Waals surface area contributed by atoms with Crippen molar-refractivity contribution in [3.8, 4) is 0 Å². The summed E-state index contributed by atoms with van der Waals surface area (Å²) >= 11 is 0. The largest absolute Gasteiger partial charge is 0.354 e. The van der Waals surface area contributed by atoms with E-state index in [1.807, 2.05) is 7.05 Å². The highest BCUT2D eigenvalue weighted by Crippen LogP contribution is 2.17. The predicted octanol–water partition coefficient (Wildman–Crippen LogP) is 1.89. The molecule has 112 valence electrons. The lowest BCUT2D eigenvalue weighted by atomic mass is 10.2. The molecule has 0 bridgehead atoms. The first-order valence-corrected chi connectivity index (χ1v) is 7.68. The van der Waals surface area contributed by atoms with E-state index in [9.17, 15) is 0 Å². The number of nitrogens with one attached hydrogen (secondary N) is 1. The zero-order valence-corrected chi connectivity index (χ0v) is 13.3. The molecular weight excluding hydrogens is 248 g/mol. The molecule has 1 aliphatic heterocycles. The van der Waals surface area contributed by atoms with Gasteiger partial charge in [0, 0.05) is 45.0 Å². The Bertz CT molecular complexity index is 422. The molecule has 1 saturated heterocycles. The van der Waals surface area contributed by atoms with E-state index in [1.165, 1.54) is 12.1 Å². The molecule has 20 heavy (non-hydrogen) atoms. The van der Waals surface area contributed by atoms with Crippen LogP contribution in [0.3, 0.4) is 0 Å². The van der Waals surface area contributed by atoms with Crippen molar-refractivity contribution in [2.24, 2.45) is 5.92 Å². The lowest BCUT2D eigenvalue weighted by Gasteiger charge is -2.36. The molecule has 0 aromatic carbocycles. The number of hydrogen-bond acceptors (Lipinski definition) is 4. The first kappa shape index (κ1) is 15.3. The number of aromatic nitrogens is 1. The second kappa shape index (κ2) is 7.04. The number of nitrogens with zero attached hydrogens (tertiary/aromatic N) is 3. The summed E-state index contributed by atoms with van der Waals surface area (Å²) in [6.07, 6.45) is 0. The molecule has 1 aromatic rings. The summed E-state index contributed by atoms with van der Waals surface area (Å²) in [4.78, 5) is 9.69. The Balaban J connectivity index is 1.99. The van der Waals surface area contributed by atoms with Crippen molar-refractivity contribution in [1.29, 1.82) is 0 Å². The van der Waals surface area contributed by atoms with Crippen LogP contribution in [0.15, 0.2) is 12.1 Å². The molecular formula is C16H28N4. The normalized spacial score (nSPS) is 16.9. The minimum atomic E-state index is 0.751. The lowest BCUT2D eigenvalue weighted by Crippen LogP contribution is -2.47. The van der Waals surface area contributed by atoms with Crippen molar-refractivity contribution < 1.29 is 0 Å². The Labute approximate surface area is 123 Å². The van der Waals surface area contributed by atoms with Crippen molar-refractivity contribution >= 4 is 5.82 Å². The summed E-state index contributed by atoms with van der Waals surface area (Å²) in [7, 11) is 1.99. The second-order valence-electron chi connectivity index (χ2n) is 6.19. The van der Waals surface area contributed by atoms with Gasteiger partial charge in [0.2, 0.25) is 0 Å². The number of pyridine rings is 1. The molecule has 4 heteroatoms. The van der Waals surface area contributed by atoms with E-state index < -0.39 is 0 Å². The summed E-state index contributed by atoms with van der Waals surface area (Å²) < 4.78 is 0. The third-order valence-electron chi connectivity index (χ3n) is 3.70. The lowest BCUT2D eigenvalue weighted by molar-refractivity contribution is 0.231. The third-order valence-corrected chi connectivity index (χ3v) is 3.70. The van der Waals surface area contributed by atoms with Crippen LogP contribution in [0.25, 0.3) is 0 Å².